The second-order valence-corrected chi connectivity index (χ2v) is 5.85. The third kappa shape index (κ3) is 4.37. The summed E-state index contributed by atoms with van der Waals surface area (Å²) in [6, 6.07) is 4.69. The third-order valence-corrected chi connectivity index (χ3v) is 4.28. The van der Waals surface area contributed by atoms with Crippen molar-refractivity contribution in [2.75, 3.05) is 30.5 Å². The van der Waals surface area contributed by atoms with Crippen molar-refractivity contribution in [1.82, 2.24) is 5.32 Å². The second-order valence-electron chi connectivity index (χ2n) is 4.70. The number of nitrogens with one attached hydrogen (secondary N) is 2. The standard InChI is InChI=1S/C14H18N2O4S/c1-20-12-6-9(2-3-11(12)14(18)19)16-13(17)7-10-8-21-5-4-15-10/h2-3,6,10,15H,4-5,7-8H2,1H3,(H,16,17)(H,18,19). The minimum atomic E-state index is -1.06. The molecule has 2 rings (SSSR count). The predicted octanol–water partition coefficient (Wildman–Crippen LogP) is 1.43. The van der Waals surface area contributed by atoms with Gasteiger partial charge in [-0.05, 0) is 12.1 Å². The number of hydrogen-bond donors (Lipinski definition) is 3. The molecule has 0 radical (unpaired) electrons. The van der Waals surface area contributed by atoms with Crippen LogP contribution in [0.4, 0.5) is 5.69 Å². The van der Waals surface area contributed by atoms with E-state index in [4.69, 9.17) is 9.84 Å². The first kappa shape index (κ1) is 15.7. The molecule has 0 aliphatic carbocycles. The molecule has 1 saturated heterocycles. The van der Waals surface area contributed by atoms with Crippen molar-refractivity contribution in [1.29, 1.82) is 0 Å². The normalized spacial score (nSPS) is 18.0. The van der Waals surface area contributed by atoms with Crippen molar-refractivity contribution in [2.24, 2.45) is 0 Å². The molecule has 1 aliphatic heterocycles. The number of ether oxygens (including phenoxy) is 1. The Hall–Kier alpha value is -1.73. The highest BCUT2D eigenvalue weighted by atomic mass is 32.2. The average Bonchev–Trinajstić information content (AvgIpc) is 2.47. The Balaban J connectivity index is 1.98. The predicted molar refractivity (Wildman–Crippen MR) is 82.3 cm³/mol. The molecule has 6 nitrogen and oxygen atoms in total. The summed E-state index contributed by atoms with van der Waals surface area (Å²) in [5.74, 6) is 1.07. The highest BCUT2D eigenvalue weighted by molar-refractivity contribution is 7.99. The number of anilines is 1. The minimum absolute atomic E-state index is 0.0702. The largest absolute Gasteiger partial charge is 0.496 e. The maximum atomic E-state index is 12.0. The number of carbonyl (C=O) groups excluding carboxylic acids is 1. The van der Waals surface area contributed by atoms with Crippen LogP contribution in [0, 0.1) is 0 Å². The first-order valence-corrected chi connectivity index (χ1v) is 7.78. The Kier molecular flexibility index (Phi) is 5.46. The number of rotatable bonds is 5. The summed E-state index contributed by atoms with van der Waals surface area (Å²) in [7, 11) is 1.40. The molecule has 0 saturated carbocycles. The first-order valence-electron chi connectivity index (χ1n) is 6.62. The summed E-state index contributed by atoms with van der Waals surface area (Å²) in [6.45, 7) is 0.920. The van der Waals surface area contributed by atoms with Crippen LogP contribution in [0.15, 0.2) is 18.2 Å². The molecular formula is C14H18N2O4S. The van der Waals surface area contributed by atoms with Gasteiger partial charge in [0.05, 0.1) is 7.11 Å². The molecule has 21 heavy (non-hydrogen) atoms. The smallest absolute Gasteiger partial charge is 0.339 e. The van der Waals surface area contributed by atoms with E-state index >= 15 is 0 Å². The molecule has 1 aromatic rings. The van der Waals surface area contributed by atoms with E-state index in [2.05, 4.69) is 10.6 Å². The fourth-order valence-corrected chi connectivity index (χ4v) is 3.08. The van der Waals surface area contributed by atoms with Gasteiger partial charge < -0.3 is 20.5 Å². The van der Waals surface area contributed by atoms with Crippen LogP contribution in [0.1, 0.15) is 16.8 Å². The Morgan fingerprint density at radius 1 is 1.52 bits per heavy atom. The Bertz CT molecular complexity index is 530. The lowest BCUT2D eigenvalue weighted by Gasteiger charge is -2.22. The number of hydrogen-bond acceptors (Lipinski definition) is 5. The van der Waals surface area contributed by atoms with Crippen LogP contribution in [0.2, 0.25) is 0 Å². The Labute approximate surface area is 127 Å². The van der Waals surface area contributed by atoms with Crippen molar-refractivity contribution < 1.29 is 19.4 Å². The van der Waals surface area contributed by atoms with E-state index < -0.39 is 5.97 Å². The number of amides is 1. The molecule has 114 valence electrons. The monoisotopic (exact) mass is 310 g/mol. The number of carbonyl (C=O) groups is 2. The van der Waals surface area contributed by atoms with Gasteiger partial charge in [-0.2, -0.15) is 11.8 Å². The van der Waals surface area contributed by atoms with E-state index in [1.165, 1.54) is 19.2 Å². The number of thioether (sulfide) groups is 1. The summed E-state index contributed by atoms with van der Waals surface area (Å²) < 4.78 is 5.03. The molecule has 1 fully saturated rings. The number of carboxylic acid groups (broad SMARTS) is 1. The Morgan fingerprint density at radius 3 is 2.95 bits per heavy atom. The van der Waals surface area contributed by atoms with E-state index in [9.17, 15) is 9.59 Å². The molecule has 1 amide bonds. The zero-order valence-electron chi connectivity index (χ0n) is 11.7. The van der Waals surface area contributed by atoms with E-state index in [1.807, 2.05) is 11.8 Å². The minimum Gasteiger partial charge on any atom is -0.496 e. The van der Waals surface area contributed by atoms with Crippen LogP contribution in [-0.2, 0) is 4.79 Å². The molecule has 0 spiro atoms. The third-order valence-electron chi connectivity index (χ3n) is 3.15. The van der Waals surface area contributed by atoms with Crippen LogP contribution in [0.25, 0.3) is 0 Å². The van der Waals surface area contributed by atoms with E-state index in [-0.39, 0.29) is 23.3 Å². The number of carboxylic acids is 1. The van der Waals surface area contributed by atoms with Crippen LogP contribution in [0.3, 0.4) is 0 Å². The van der Waals surface area contributed by atoms with Gasteiger partial charge in [0.15, 0.2) is 0 Å². The molecule has 0 bridgehead atoms. The van der Waals surface area contributed by atoms with Gasteiger partial charge >= 0.3 is 5.97 Å². The highest BCUT2D eigenvalue weighted by Crippen LogP contribution is 2.23. The summed E-state index contributed by atoms with van der Waals surface area (Å²) in [6.07, 6.45) is 0.399. The molecule has 1 atom stereocenters. The summed E-state index contributed by atoms with van der Waals surface area (Å²) in [5.41, 5.74) is 0.603. The molecule has 3 N–H and O–H groups in total. The van der Waals surface area contributed by atoms with Crippen LogP contribution < -0.4 is 15.4 Å². The Morgan fingerprint density at radius 2 is 2.33 bits per heavy atom. The van der Waals surface area contributed by atoms with Crippen molar-refractivity contribution >= 4 is 29.3 Å². The van der Waals surface area contributed by atoms with Gasteiger partial charge in [0, 0.05) is 42.3 Å². The lowest BCUT2D eigenvalue weighted by molar-refractivity contribution is -0.116. The van der Waals surface area contributed by atoms with Crippen LogP contribution in [-0.4, -0.2) is 48.2 Å². The van der Waals surface area contributed by atoms with E-state index in [1.54, 1.807) is 6.07 Å². The maximum Gasteiger partial charge on any atom is 0.339 e. The lowest BCUT2D eigenvalue weighted by Crippen LogP contribution is -2.39. The van der Waals surface area contributed by atoms with E-state index in [0.717, 1.165) is 18.1 Å². The number of methoxy groups -OCH3 is 1. The first-order chi connectivity index (χ1) is 10.1. The zero-order chi connectivity index (χ0) is 15.2. The van der Waals surface area contributed by atoms with Crippen LogP contribution >= 0.6 is 11.8 Å². The van der Waals surface area contributed by atoms with Crippen molar-refractivity contribution in [2.45, 2.75) is 12.5 Å². The topological polar surface area (TPSA) is 87.7 Å². The molecule has 1 heterocycles. The van der Waals surface area contributed by atoms with Gasteiger partial charge in [-0.1, -0.05) is 0 Å². The van der Waals surface area contributed by atoms with Crippen molar-refractivity contribution in [3.63, 3.8) is 0 Å². The maximum absolute atomic E-state index is 12.0. The number of aromatic carboxylic acids is 1. The van der Waals surface area contributed by atoms with Gasteiger partial charge in [-0.25, -0.2) is 4.79 Å². The van der Waals surface area contributed by atoms with Gasteiger partial charge in [-0.3, -0.25) is 4.79 Å². The average molecular weight is 310 g/mol. The molecular weight excluding hydrogens is 292 g/mol. The van der Waals surface area contributed by atoms with Gasteiger partial charge in [0.2, 0.25) is 5.91 Å². The van der Waals surface area contributed by atoms with E-state index in [0.29, 0.717) is 12.1 Å². The summed E-state index contributed by atoms with van der Waals surface area (Å²) in [4.78, 5) is 23.0. The SMILES string of the molecule is COc1cc(NC(=O)CC2CSCCN2)ccc1C(=O)O. The van der Waals surface area contributed by atoms with Crippen molar-refractivity contribution in [3.8, 4) is 5.75 Å². The highest BCUT2D eigenvalue weighted by Gasteiger charge is 2.17. The van der Waals surface area contributed by atoms with Crippen molar-refractivity contribution in [3.05, 3.63) is 23.8 Å². The summed E-state index contributed by atoms with van der Waals surface area (Å²) in [5, 5.41) is 15.1. The molecule has 1 aromatic carbocycles. The second kappa shape index (κ2) is 7.33. The summed E-state index contributed by atoms with van der Waals surface area (Å²) >= 11 is 1.83. The number of benzene rings is 1. The zero-order valence-corrected chi connectivity index (χ0v) is 12.5. The fraction of sp³-hybridized carbons (Fsp3) is 0.429. The van der Waals surface area contributed by atoms with Crippen LogP contribution in [0.5, 0.6) is 5.75 Å². The molecule has 1 aliphatic rings. The quantitative estimate of drug-likeness (QED) is 0.762. The molecule has 7 heteroatoms. The lowest BCUT2D eigenvalue weighted by atomic mass is 10.1. The van der Waals surface area contributed by atoms with Gasteiger partial charge in [-0.15, -0.1) is 0 Å². The molecule has 1 unspecified atom stereocenters. The van der Waals surface area contributed by atoms with Gasteiger partial charge in [0.1, 0.15) is 11.3 Å². The van der Waals surface area contributed by atoms with Gasteiger partial charge in [0.25, 0.3) is 0 Å². The molecule has 0 aromatic heterocycles. The fourth-order valence-electron chi connectivity index (χ4n) is 2.13.